The number of carbonyl (C=O) groups is 1. The minimum Gasteiger partial charge on any atom is -0.302 e. The lowest BCUT2D eigenvalue weighted by Gasteiger charge is -2.16. The predicted molar refractivity (Wildman–Crippen MR) is 69.3 cm³/mol. The van der Waals surface area contributed by atoms with Gasteiger partial charge in [-0.25, -0.2) is 5.84 Å². The molecular weight excluding hydrogens is 214 g/mol. The van der Waals surface area contributed by atoms with Gasteiger partial charge < -0.3 is 4.90 Å². The number of carbonyl (C=O) groups excluding carboxylic acids is 1. The van der Waals surface area contributed by atoms with Crippen LogP contribution in [-0.2, 0) is 6.54 Å². The number of unbranched alkanes of at least 4 members (excludes halogenated alkanes) is 1. The van der Waals surface area contributed by atoms with Crippen molar-refractivity contribution in [3.8, 4) is 0 Å². The van der Waals surface area contributed by atoms with E-state index >= 15 is 0 Å². The first-order valence-corrected chi connectivity index (χ1v) is 5.95. The molecule has 0 heterocycles. The SMILES string of the molecule is CCCCN(C)Cc1ccc(C(=O)NN)cc1. The molecule has 4 heteroatoms. The zero-order valence-corrected chi connectivity index (χ0v) is 10.6. The Kier molecular flexibility index (Phi) is 5.66. The van der Waals surface area contributed by atoms with Gasteiger partial charge in [-0.3, -0.25) is 10.2 Å². The van der Waals surface area contributed by atoms with Crippen LogP contribution in [-0.4, -0.2) is 24.4 Å². The normalized spacial score (nSPS) is 10.6. The van der Waals surface area contributed by atoms with Gasteiger partial charge in [0.05, 0.1) is 0 Å². The van der Waals surface area contributed by atoms with Crippen LogP contribution in [0.25, 0.3) is 0 Å². The molecule has 0 aliphatic carbocycles. The van der Waals surface area contributed by atoms with Gasteiger partial charge in [-0.2, -0.15) is 0 Å². The van der Waals surface area contributed by atoms with Crippen molar-refractivity contribution in [2.45, 2.75) is 26.3 Å². The Hall–Kier alpha value is -1.39. The average molecular weight is 235 g/mol. The Morgan fingerprint density at radius 2 is 2.00 bits per heavy atom. The molecule has 17 heavy (non-hydrogen) atoms. The standard InChI is InChI=1S/C13H21N3O/c1-3-4-9-16(2)10-11-5-7-12(8-6-11)13(17)15-14/h5-8H,3-4,9-10,14H2,1-2H3,(H,15,17). The Morgan fingerprint density at radius 1 is 1.35 bits per heavy atom. The third kappa shape index (κ3) is 4.54. The van der Waals surface area contributed by atoms with Crippen LogP contribution in [0.3, 0.4) is 0 Å². The monoisotopic (exact) mass is 235 g/mol. The van der Waals surface area contributed by atoms with E-state index in [2.05, 4.69) is 24.3 Å². The molecule has 0 atom stereocenters. The zero-order chi connectivity index (χ0) is 12.7. The summed E-state index contributed by atoms with van der Waals surface area (Å²) in [6, 6.07) is 7.52. The first kappa shape index (κ1) is 13.7. The fraction of sp³-hybridized carbons (Fsp3) is 0.462. The van der Waals surface area contributed by atoms with Crippen molar-refractivity contribution in [2.24, 2.45) is 5.84 Å². The van der Waals surface area contributed by atoms with E-state index in [1.165, 1.54) is 18.4 Å². The highest BCUT2D eigenvalue weighted by atomic mass is 16.2. The average Bonchev–Trinajstić information content (AvgIpc) is 2.36. The second-order valence-corrected chi connectivity index (χ2v) is 4.26. The quantitative estimate of drug-likeness (QED) is 0.446. The van der Waals surface area contributed by atoms with Crippen molar-refractivity contribution in [3.05, 3.63) is 35.4 Å². The lowest BCUT2D eigenvalue weighted by Crippen LogP contribution is -2.29. The zero-order valence-electron chi connectivity index (χ0n) is 10.6. The highest BCUT2D eigenvalue weighted by Gasteiger charge is 2.04. The number of nitrogens with zero attached hydrogens (tertiary/aromatic N) is 1. The molecule has 0 unspecified atom stereocenters. The van der Waals surface area contributed by atoms with Gasteiger partial charge >= 0.3 is 0 Å². The van der Waals surface area contributed by atoms with Crippen molar-refractivity contribution in [1.82, 2.24) is 10.3 Å². The molecule has 1 amide bonds. The summed E-state index contributed by atoms with van der Waals surface area (Å²) in [5.74, 6) is 4.82. The van der Waals surface area contributed by atoms with E-state index in [1.54, 1.807) is 12.1 Å². The number of nitrogens with two attached hydrogens (primary N) is 1. The smallest absolute Gasteiger partial charge is 0.265 e. The number of nitrogens with one attached hydrogen (secondary N) is 1. The van der Waals surface area contributed by atoms with Crippen molar-refractivity contribution >= 4 is 5.91 Å². The van der Waals surface area contributed by atoms with E-state index in [4.69, 9.17) is 5.84 Å². The van der Waals surface area contributed by atoms with Crippen LogP contribution < -0.4 is 11.3 Å². The van der Waals surface area contributed by atoms with Crippen LogP contribution in [0.4, 0.5) is 0 Å². The van der Waals surface area contributed by atoms with Gasteiger partial charge in [-0.15, -0.1) is 0 Å². The van der Waals surface area contributed by atoms with Crippen LogP contribution in [0, 0.1) is 0 Å². The molecule has 3 N–H and O–H groups in total. The molecule has 0 bridgehead atoms. The number of nitrogen functional groups attached to an aromatic ring is 1. The van der Waals surface area contributed by atoms with Gasteiger partial charge in [0.25, 0.3) is 5.91 Å². The van der Waals surface area contributed by atoms with Gasteiger partial charge in [-0.05, 0) is 37.7 Å². The van der Waals surface area contributed by atoms with E-state index in [0.717, 1.165) is 13.1 Å². The lowest BCUT2D eigenvalue weighted by molar-refractivity contribution is 0.0953. The molecule has 0 saturated heterocycles. The van der Waals surface area contributed by atoms with Crippen molar-refractivity contribution in [2.75, 3.05) is 13.6 Å². The number of hydrogen-bond acceptors (Lipinski definition) is 3. The maximum Gasteiger partial charge on any atom is 0.265 e. The summed E-state index contributed by atoms with van der Waals surface area (Å²) in [6.45, 7) is 4.19. The van der Waals surface area contributed by atoms with Gasteiger partial charge in [0.1, 0.15) is 0 Å². The minimum absolute atomic E-state index is 0.254. The Labute approximate surface area is 103 Å². The molecule has 0 spiro atoms. The fourth-order valence-corrected chi connectivity index (χ4v) is 1.66. The van der Waals surface area contributed by atoms with Crippen molar-refractivity contribution < 1.29 is 4.79 Å². The minimum atomic E-state index is -0.254. The summed E-state index contributed by atoms with van der Waals surface area (Å²) in [4.78, 5) is 13.5. The molecule has 1 rings (SSSR count). The van der Waals surface area contributed by atoms with Crippen LogP contribution in [0.1, 0.15) is 35.7 Å². The molecule has 1 aromatic carbocycles. The first-order valence-electron chi connectivity index (χ1n) is 5.95. The molecule has 0 aliphatic rings. The topological polar surface area (TPSA) is 58.4 Å². The third-order valence-corrected chi connectivity index (χ3v) is 2.69. The fourth-order valence-electron chi connectivity index (χ4n) is 1.66. The third-order valence-electron chi connectivity index (χ3n) is 2.69. The van der Waals surface area contributed by atoms with Crippen LogP contribution in [0.2, 0.25) is 0 Å². The molecule has 4 nitrogen and oxygen atoms in total. The summed E-state index contributed by atoms with van der Waals surface area (Å²) in [7, 11) is 2.11. The second kappa shape index (κ2) is 7.04. The number of hydrazine groups is 1. The maximum absolute atomic E-state index is 11.2. The van der Waals surface area contributed by atoms with Crippen molar-refractivity contribution in [1.29, 1.82) is 0 Å². The molecule has 1 aromatic rings. The summed E-state index contributed by atoms with van der Waals surface area (Å²) in [6.07, 6.45) is 2.42. The van der Waals surface area contributed by atoms with Gasteiger partial charge in [0.15, 0.2) is 0 Å². The Bertz CT molecular complexity index is 348. The summed E-state index contributed by atoms with van der Waals surface area (Å²) in [5.41, 5.74) is 3.92. The van der Waals surface area contributed by atoms with Gasteiger partial charge in [-0.1, -0.05) is 25.5 Å². The van der Waals surface area contributed by atoms with E-state index in [0.29, 0.717) is 5.56 Å². The van der Waals surface area contributed by atoms with Crippen LogP contribution in [0.15, 0.2) is 24.3 Å². The Morgan fingerprint density at radius 3 is 2.53 bits per heavy atom. The lowest BCUT2D eigenvalue weighted by atomic mass is 10.1. The summed E-state index contributed by atoms with van der Waals surface area (Å²) < 4.78 is 0. The number of rotatable bonds is 6. The van der Waals surface area contributed by atoms with E-state index in [1.807, 2.05) is 12.1 Å². The second-order valence-electron chi connectivity index (χ2n) is 4.26. The largest absolute Gasteiger partial charge is 0.302 e. The highest BCUT2D eigenvalue weighted by molar-refractivity contribution is 5.93. The molecule has 0 aliphatic heterocycles. The van der Waals surface area contributed by atoms with E-state index < -0.39 is 0 Å². The molecule has 0 fully saturated rings. The summed E-state index contributed by atoms with van der Waals surface area (Å²) >= 11 is 0. The number of benzene rings is 1. The van der Waals surface area contributed by atoms with Crippen molar-refractivity contribution in [3.63, 3.8) is 0 Å². The molecule has 0 saturated carbocycles. The number of hydrogen-bond donors (Lipinski definition) is 2. The van der Waals surface area contributed by atoms with E-state index in [-0.39, 0.29) is 5.91 Å². The van der Waals surface area contributed by atoms with Gasteiger partial charge in [0, 0.05) is 12.1 Å². The first-order chi connectivity index (χ1) is 8.17. The molecule has 0 radical (unpaired) electrons. The van der Waals surface area contributed by atoms with Gasteiger partial charge in [0.2, 0.25) is 0 Å². The van der Waals surface area contributed by atoms with E-state index in [9.17, 15) is 4.79 Å². The highest BCUT2D eigenvalue weighted by Crippen LogP contribution is 2.07. The molecule has 94 valence electrons. The predicted octanol–water partition coefficient (Wildman–Crippen LogP) is 1.52. The van der Waals surface area contributed by atoms with Crippen LogP contribution in [0.5, 0.6) is 0 Å². The Balaban J connectivity index is 2.53. The number of amides is 1. The molecular formula is C13H21N3O. The summed E-state index contributed by atoms with van der Waals surface area (Å²) in [5, 5.41) is 0. The van der Waals surface area contributed by atoms with Crippen LogP contribution >= 0.6 is 0 Å². The molecule has 0 aromatic heterocycles. The maximum atomic E-state index is 11.2.